The normalized spacial score (nSPS) is 34.8. The lowest BCUT2D eigenvalue weighted by molar-refractivity contribution is -0.228. The van der Waals surface area contributed by atoms with E-state index in [4.69, 9.17) is 18.9 Å². The molecule has 3 aromatic rings. The smallest absolute Gasteiger partial charge is 0.471 e. The van der Waals surface area contributed by atoms with Gasteiger partial charge in [-0.05, 0) is 74.2 Å². The second-order valence-electron chi connectivity index (χ2n) is 19.2. The minimum Gasteiger partial charge on any atom is -0.496 e. The van der Waals surface area contributed by atoms with Crippen LogP contribution in [0.1, 0.15) is 75.3 Å². The summed E-state index contributed by atoms with van der Waals surface area (Å²) in [5.74, 6) is -4.40. The van der Waals surface area contributed by atoms with Crippen LogP contribution < -0.4 is 15.0 Å². The number of rotatable bonds is 8. The van der Waals surface area contributed by atoms with Crippen molar-refractivity contribution in [3.63, 3.8) is 0 Å². The van der Waals surface area contributed by atoms with Crippen molar-refractivity contribution < 1.29 is 56.4 Å². The van der Waals surface area contributed by atoms with Crippen molar-refractivity contribution in [1.82, 2.24) is 20.1 Å². The molecular formula is C48H58F3N5O9. The van der Waals surface area contributed by atoms with Gasteiger partial charge in [0.15, 0.2) is 6.10 Å². The van der Waals surface area contributed by atoms with Crippen LogP contribution in [0.2, 0.25) is 0 Å². The number of carbonyl (C=O) groups excluding carboxylic acids is 4. The van der Waals surface area contributed by atoms with Gasteiger partial charge in [-0.25, -0.2) is 4.79 Å². The largest absolute Gasteiger partial charge is 0.496 e. The number of carbonyl (C=O) groups is 4. The average Bonchev–Trinajstić information content (AvgIpc) is 3.95. The molecule has 6 aliphatic rings. The minimum absolute atomic E-state index is 0.0544. The summed E-state index contributed by atoms with van der Waals surface area (Å²) in [6.45, 7) is 7.17. The number of halogens is 3. The molecule has 10 atom stereocenters. The van der Waals surface area contributed by atoms with E-state index >= 15 is 4.79 Å². The van der Waals surface area contributed by atoms with E-state index in [1.165, 1.54) is 28.3 Å². The van der Waals surface area contributed by atoms with Gasteiger partial charge in [0.05, 0.1) is 32.9 Å². The second-order valence-corrected chi connectivity index (χ2v) is 19.2. The summed E-state index contributed by atoms with van der Waals surface area (Å²) in [6.07, 6.45) is -0.798. The van der Waals surface area contributed by atoms with Gasteiger partial charge in [-0.1, -0.05) is 44.2 Å². The van der Waals surface area contributed by atoms with Crippen molar-refractivity contribution in [3.8, 4) is 5.75 Å². The van der Waals surface area contributed by atoms with E-state index in [0.717, 1.165) is 22.0 Å². The molecule has 5 aliphatic heterocycles. The lowest BCUT2D eigenvalue weighted by atomic mass is 9.47. The van der Waals surface area contributed by atoms with Crippen molar-refractivity contribution in [2.75, 3.05) is 66.0 Å². The van der Waals surface area contributed by atoms with Crippen LogP contribution in [0.4, 0.5) is 18.9 Å². The topological polar surface area (TPSA) is 163 Å². The predicted molar refractivity (Wildman–Crippen MR) is 232 cm³/mol. The zero-order chi connectivity index (χ0) is 46.6. The number of aliphatic hydroxyl groups is 1. The second kappa shape index (κ2) is 15.5. The van der Waals surface area contributed by atoms with E-state index in [2.05, 4.69) is 20.1 Å². The summed E-state index contributed by atoms with van der Waals surface area (Å²) in [6, 6.07) is 10.1. The van der Waals surface area contributed by atoms with E-state index in [-0.39, 0.29) is 25.8 Å². The van der Waals surface area contributed by atoms with Crippen LogP contribution in [0.25, 0.3) is 10.9 Å². The maximum absolute atomic E-state index is 15.5. The standard InChI is InChI=1S/C48H58F3N5O9/c1-8-43(53-40(58)48(49,50)51)23-28-24-46(41(59)63-6,36-30(15-19-55(25-28)26-43)29-13-10-11-14-33(29)52-36)32-21-31-34(22-35(32)62-5)54(4)38-45(31)17-20-56-18-12-16-44(9-2,37(45)56)39(65-27(3)57)47(38,61)42(60)64-7/h10-14,16,21-22,28,37-39,52,61H,8-9,15,17-20,23-26H2,1-7H3,(H,53,58)/t28-,37-,38+,39+,43-,44+,45+,46-,47-/m0/s1. The summed E-state index contributed by atoms with van der Waals surface area (Å²) in [7, 11) is 5.81. The van der Waals surface area contributed by atoms with Gasteiger partial charge in [0.25, 0.3) is 0 Å². The first-order chi connectivity index (χ1) is 30.8. The number of H-pyrrole nitrogens is 1. The van der Waals surface area contributed by atoms with Crippen molar-refractivity contribution in [3.05, 3.63) is 70.9 Å². The van der Waals surface area contributed by atoms with Crippen LogP contribution in [0.3, 0.4) is 0 Å². The molecule has 6 heterocycles. The molecule has 3 N–H and O–H groups in total. The maximum atomic E-state index is 15.5. The molecule has 1 aliphatic carbocycles. The van der Waals surface area contributed by atoms with Gasteiger partial charge in [-0.2, -0.15) is 13.2 Å². The molecular weight excluding hydrogens is 848 g/mol. The Morgan fingerprint density at radius 3 is 2.37 bits per heavy atom. The predicted octanol–water partition coefficient (Wildman–Crippen LogP) is 4.68. The fraction of sp³-hybridized carbons (Fsp3) is 0.583. The third kappa shape index (κ3) is 6.16. The van der Waals surface area contributed by atoms with Gasteiger partial charge in [-0.15, -0.1) is 0 Å². The molecule has 1 saturated carbocycles. The molecule has 1 aromatic heterocycles. The van der Waals surface area contributed by atoms with Crippen molar-refractivity contribution in [2.45, 2.75) is 106 Å². The van der Waals surface area contributed by atoms with E-state index < -0.39 is 81.5 Å². The molecule has 3 fully saturated rings. The molecule has 2 bridgehead atoms. The number of methoxy groups -OCH3 is 3. The van der Waals surface area contributed by atoms with Gasteiger partial charge in [0.2, 0.25) is 5.60 Å². The molecule has 350 valence electrons. The molecule has 1 amide bonds. The number of anilines is 1. The number of hydrogen-bond acceptors (Lipinski definition) is 12. The Kier molecular flexibility index (Phi) is 10.7. The highest BCUT2D eigenvalue weighted by atomic mass is 19.4. The number of amides is 1. The summed E-state index contributed by atoms with van der Waals surface area (Å²) in [5.41, 5.74) is -3.45. The van der Waals surface area contributed by atoms with E-state index in [1.807, 2.05) is 60.4 Å². The number of likely N-dealkylation sites (N-methyl/N-ethyl adjacent to an activating group) is 1. The Morgan fingerprint density at radius 1 is 0.969 bits per heavy atom. The summed E-state index contributed by atoms with van der Waals surface area (Å²) >= 11 is 0. The number of benzene rings is 2. The molecule has 2 aromatic carbocycles. The molecule has 9 rings (SSSR count). The highest BCUT2D eigenvalue weighted by Gasteiger charge is 2.80. The first kappa shape index (κ1) is 45.0. The summed E-state index contributed by atoms with van der Waals surface area (Å²) in [4.78, 5) is 65.6. The number of nitrogens with one attached hydrogen (secondary N) is 2. The number of alkyl halides is 3. The number of esters is 3. The van der Waals surface area contributed by atoms with Gasteiger partial charge < -0.3 is 44.2 Å². The van der Waals surface area contributed by atoms with Gasteiger partial charge in [0, 0.05) is 90.9 Å². The minimum atomic E-state index is -5.10. The van der Waals surface area contributed by atoms with E-state index in [0.29, 0.717) is 68.1 Å². The number of fused-ring (bicyclic) bond motifs is 6. The van der Waals surface area contributed by atoms with Crippen LogP contribution >= 0.6 is 0 Å². The molecule has 1 unspecified atom stereocenters. The Labute approximate surface area is 375 Å². The molecule has 2 saturated heterocycles. The Balaban J connectivity index is 1.33. The summed E-state index contributed by atoms with van der Waals surface area (Å²) < 4.78 is 65.7. The van der Waals surface area contributed by atoms with Crippen LogP contribution in [-0.2, 0) is 50.6 Å². The summed E-state index contributed by atoms with van der Waals surface area (Å²) in [5, 5.41) is 16.6. The lowest BCUT2D eigenvalue weighted by Crippen LogP contribution is -2.81. The van der Waals surface area contributed by atoms with Gasteiger partial charge in [0.1, 0.15) is 11.2 Å². The fourth-order valence-electron chi connectivity index (χ4n) is 14.0. The Morgan fingerprint density at radius 2 is 1.71 bits per heavy atom. The van der Waals surface area contributed by atoms with Gasteiger partial charge in [-0.3, -0.25) is 19.3 Å². The first-order valence-corrected chi connectivity index (χ1v) is 22.5. The monoisotopic (exact) mass is 905 g/mol. The highest BCUT2D eigenvalue weighted by molar-refractivity contribution is 5.95. The third-order valence-corrected chi connectivity index (χ3v) is 16.3. The van der Waals surface area contributed by atoms with Crippen molar-refractivity contribution in [1.29, 1.82) is 0 Å². The number of piperidine rings is 1. The number of aromatic amines is 1. The maximum Gasteiger partial charge on any atom is 0.471 e. The van der Waals surface area contributed by atoms with E-state index in [9.17, 15) is 32.7 Å². The number of ether oxygens (including phenoxy) is 4. The fourth-order valence-corrected chi connectivity index (χ4v) is 14.0. The van der Waals surface area contributed by atoms with Crippen LogP contribution in [0.15, 0.2) is 48.6 Å². The van der Waals surface area contributed by atoms with Crippen molar-refractivity contribution in [2.24, 2.45) is 11.3 Å². The van der Waals surface area contributed by atoms with Crippen LogP contribution in [0, 0.1) is 11.3 Å². The van der Waals surface area contributed by atoms with Crippen LogP contribution in [0.5, 0.6) is 5.75 Å². The van der Waals surface area contributed by atoms with Gasteiger partial charge >= 0.3 is 30.0 Å². The lowest BCUT2D eigenvalue weighted by Gasteiger charge is -2.63. The zero-order valence-electron chi connectivity index (χ0n) is 37.9. The quantitative estimate of drug-likeness (QED) is 0.163. The zero-order valence-corrected chi connectivity index (χ0v) is 37.9. The number of hydrogen-bond donors (Lipinski definition) is 3. The molecule has 0 radical (unpaired) electrons. The molecule has 65 heavy (non-hydrogen) atoms. The molecule has 14 nitrogen and oxygen atoms in total. The first-order valence-electron chi connectivity index (χ1n) is 22.5. The van der Waals surface area contributed by atoms with Crippen molar-refractivity contribution >= 4 is 40.4 Å². The highest BCUT2D eigenvalue weighted by Crippen LogP contribution is 2.68. The number of nitrogens with zero attached hydrogens (tertiary/aromatic N) is 3. The molecule has 17 heteroatoms. The Bertz CT molecular complexity index is 2490. The van der Waals surface area contributed by atoms with Crippen LogP contribution in [-0.4, -0.2) is 140 Å². The molecule has 1 spiro atoms. The SMILES string of the molecule is CC[C@]1(NC(=O)C(F)(F)F)C[C@@H]2CN(CCc3c([nH]c4ccccc34)[C@@](C(=O)OC)(c3cc4c(cc3OC)N(C)[C@H]3[C@@](O)(C(=O)OC)[C@H](OC(C)=O)[C@]5(CC)C=CCN6CC[C@]43[C@@H]65)C2)C1. The van der Waals surface area contributed by atoms with E-state index in [1.54, 1.807) is 14.0 Å². The average molecular weight is 906 g/mol. The Hall–Kier alpha value is -5.13. The number of aromatic nitrogens is 1. The third-order valence-electron chi connectivity index (χ3n) is 16.3. The number of para-hydroxylation sites is 1.